The van der Waals surface area contributed by atoms with E-state index in [4.69, 9.17) is 27.9 Å². The van der Waals surface area contributed by atoms with Crippen LogP contribution in [0.25, 0.3) is 6.08 Å². The monoisotopic (exact) mass is 418 g/mol. The lowest BCUT2D eigenvalue weighted by molar-refractivity contribution is -0.122. The van der Waals surface area contributed by atoms with Gasteiger partial charge < -0.3 is 4.74 Å². The molecule has 0 saturated carbocycles. The van der Waals surface area contributed by atoms with Crippen molar-refractivity contribution in [2.45, 2.75) is 20.0 Å². The van der Waals surface area contributed by atoms with Crippen LogP contribution in [-0.4, -0.2) is 23.9 Å². The Morgan fingerprint density at radius 1 is 1.04 bits per heavy atom. The van der Waals surface area contributed by atoms with Crippen molar-refractivity contribution in [3.05, 3.63) is 63.6 Å². The number of nitrogens with one attached hydrogen (secondary N) is 1. The van der Waals surface area contributed by atoms with Crippen LogP contribution in [0.1, 0.15) is 19.4 Å². The van der Waals surface area contributed by atoms with Gasteiger partial charge in [-0.05, 0) is 56.3 Å². The quantitative estimate of drug-likeness (QED) is 0.587. The number of benzene rings is 2. The van der Waals surface area contributed by atoms with Crippen LogP contribution in [0.2, 0.25) is 10.0 Å². The fourth-order valence-corrected chi connectivity index (χ4v) is 3.02. The molecule has 1 aliphatic heterocycles. The molecule has 0 aromatic heterocycles. The zero-order chi connectivity index (χ0) is 20.4. The maximum Gasteiger partial charge on any atom is 0.335 e. The third-order valence-electron chi connectivity index (χ3n) is 3.80. The number of carbonyl (C=O) groups excluding carboxylic acids is 3. The first-order chi connectivity index (χ1) is 13.3. The molecule has 28 heavy (non-hydrogen) atoms. The second-order valence-electron chi connectivity index (χ2n) is 6.29. The SMILES string of the molecule is CC(C)Oc1ccc(Cl)cc1/C=C1\C(=O)NC(=O)N(c2cccc(Cl)c2)C1=O. The summed E-state index contributed by atoms with van der Waals surface area (Å²) in [5, 5.41) is 2.93. The summed E-state index contributed by atoms with van der Waals surface area (Å²) in [5.74, 6) is -1.12. The Labute approximate surface area is 171 Å². The minimum atomic E-state index is -0.848. The number of urea groups is 1. The molecule has 0 bridgehead atoms. The van der Waals surface area contributed by atoms with E-state index < -0.39 is 17.8 Å². The number of barbiturate groups is 1. The fourth-order valence-electron chi connectivity index (χ4n) is 2.66. The van der Waals surface area contributed by atoms with Crippen LogP contribution in [0.4, 0.5) is 10.5 Å². The molecule has 1 fully saturated rings. The predicted molar refractivity (Wildman–Crippen MR) is 108 cm³/mol. The van der Waals surface area contributed by atoms with E-state index in [2.05, 4.69) is 5.32 Å². The van der Waals surface area contributed by atoms with Crippen LogP contribution >= 0.6 is 23.2 Å². The van der Waals surface area contributed by atoms with E-state index in [9.17, 15) is 14.4 Å². The van der Waals surface area contributed by atoms with Gasteiger partial charge in [-0.1, -0.05) is 29.3 Å². The summed E-state index contributed by atoms with van der Waals surface area (Å²) in [6, 6.07) is 10.2. The van der Waals surface area contributed by atoms with Crippen molar-refractivity contribution in [3.8, 4) is 5.75 Å². The van der Waals surface area contributed by atoms with E-state index in [-0.39, 0.29) is 17.4 Å². The molecule has 1 N–H and O–H groups in total. The van der Waals surface area contributed by atoms with Crippen LogP contribution in [0.15, 0.2) is 48.0 Å². The molecule has 1 aliphatic rings. The molecule has 0 spiro atoms. The highest BCUT2D eigenvalue weighted by atomic mass is 35.5. The Hall–Kier alpha value is -2.83. The van der Waals surface area contributed by atoms with E-state index in [0.29, 0.717) is 21.4 Å². The lowest BCUT2D eigenvalue weighted by Crippen LogP contribution is -2.54. The number of anilines is 1. The fraction of sp³-hybridized carbons (Fsp3) is 0.150. The summed E-state index contributed by atoms with van der Waals surface area (Å²) in [6.07, 6.45) is 1.23. The van der Waals surface area contributed by atoms with Crippen molar-refractivity contribution in [1.29, 1.82) is 0 Å². The largest absolute Gasteiger partial charge is 0.490 e. The summed E-state index contributed by atoms with van der Waals surface area (Å²) in [6.45, 7) is 3.70. The summed E-state index contributed by atoms with van der Waals surface area (Å²) in [7, 11) is 0. The summed E-state index contributed by atoms with van der Waals surface area (Å²) in [5.41, 5.74) is 0.466. The molecule has 144 valence electrons. The van der Waals surface area contributed by atoms with Crippen LogP contribution in [-0.2, 0) is 9.59 Å². The van der Waals surface area contributed by atoms with Crippen LogP contribution in [0.5, 0.6) is 5.75 Å². The van der Waals surface area contributed by atoms with Gasteiger partial charge in [0.2, 0.25) is 0 Å². The lowest BCUT2D eigenvalue weighted by atomic mass is 10.1. The molecule has 0 unspecified atom stereocenters. The van der Waals surface area contributed by atoms with Gasteiger partial charge in [0.15, 0.2) is 0 Å². The van der Waals surface area contributed by atoms with Gasteiger partial charge in [-0.2, -0.15) is 0 Å². The first-order valence-corrected chi connectivity index (χ1v) is 9.15. The smallest absolute Gasteiger partial charge is 0.335 e. The Bertz CT molecular complexity index is 1000. The minimum absolute atomic E-state index is 0.126. The van der Waals surface area contributed by atoms with Gasteiger partial charge in [0, 0.05) is 15.6 Å². The predicted octanol–water partition coefficient (Wildman–Crippen LogP) is 4.45. The standard InChI is InChI=1S/C20H16Cl2N2O4/c1-11(2)28-17-7-6-14(22)8-12(17)9-16-18(25)23-20(27)24(19(16)26)15-5-3-4-13(21)10-15/h3-11H,1-2H3,(H,23,25,27)/b16-9+. The van der Waals surface area contributed by atoms with E-state index in [1.165, 1.54) is 12.1 Å². The van der Waals surface area contributed by atoms with Crippen molar-refractivity contribution >= 4 is 52.8 Å². The molecule has 8 heteroatoms. The zero-order valence-corrected chi connectivity index (χ0v) is 16.5. The van der Waals surface area contributed by atoms with Gasteiger partial charge in [0.05, 0.1) is 11.8 Å². The van der Waals surface area contributed by atoms with Crippen molar-refractivity contribution in [2.75, 3.05) is 4.90 Å². The van der Waals surface area contributed by atoms with Gasteiger partial charge in [0.1, 0.15) is 11.3 Å². The number of rotatable bonds is 4. The number of ether oxygens (including phenoxy) is 1. The maximum atomic E-state index is 12.9. The molecule has 2 aromatic carbocycles. The highest BCUT2D eigenvalue weighted by Gasteiger charge is 2.37. The van der Waals surface area contributed by atoms with E-state index >= 15 is 0 Å². The normalized spacial score (nSPS) is 16.0. The number of amides is 4. The Balaban J connectivity index is 2.06. The third kappa shape index (κ3) is 4.18. The van der Waals surface area contributed by atoms with E-state index in [1.54, 1.807) is 36.4 Å². The molecule has 1 saturated heterocycles. The van der Waals surface area contributed by atoms with E-state index in [1.807, 2.05) is 13.8 Å². The number of halogens is 2. The van der Waals surface area contributed by atoms with Crippen molar-refractivity contribution in [1.82, 2.24) is 5.32 Å². The third-order valence-corrected chi connectivity index (χ3v) is 4.27. The molecule has 0 aliphatic carbocycles. The molecule has 1 heterocycles. The Morgan fingerprint density at radius 3 is 2.43 bits per heavy atom. The van der Waals surface area contributed by atoms with Crippen LogP contribution in [0.3, 0.4) is 0 Å². The average molecular weight is 419 g/mol. The first kappa shape index (κ1) is 19.9. The lowest BCUT2D eigenvalue weighted by Gasteiger charge is -2.26. The number of hydrogen-bond donors (Lipinski definition) is 1. The van der Waals surface area contributed by atoms with Gasteiger partial charge in [-0.25, -0.2) is 9.69 Å². The second kappa shape index (κ2) is 8.04. The van der Waals surface area contributed by atoms with Crippen molar-refractivity contribution in [2.24, 2.45) is 0 Å². The Kier molecular flexibility index (Phi) is 5.72. The summed E-state index contributed by atoms with van der Waals surface area (Å²) >= 11 is 12.0. The Morgan fingerprint density at radius 2 is 1.75 bits per heavy atom. The van der Waals surface area contributed by atoms with Gasteiger partial charge in [-0.15, -0.1) is 0 Å². The first-order valence-electron chi connectivity index (χ1n) is 8.39. The zero-order valence-electron chi connectivity index (χ0n) is 15.0. The summed E-state index contributed by atoms with van der Waals surface area (Å²) < 4.78 is 5.72. The van der Waals surface area contributed by atoms with E-state index in [0.717, 1.165) is 4.90 Å². The van der Waals surface area contributed by atoms with Gasteiger partial charge in [0.25, 0.3) is 11.8 Å². The van der Waals surface area contributed by atoms with Crippen LogP contribution in [0, 0.1) is 0 Å². The molecular weight excluding hydrogens is 403 g/mol. The van der Waals surface area contributed by atoms with Crippen molar-refractivity contribution in [3.63, 3.8) is 0 Å². The van der Waals surface area contributed by atoms with Crippen molar-refractivity contribution < 1.29 is 19.1 Å². The topological polar surface area (TPSA) is 75.7 Å². The second-order valence-corrected chi connectivity index (χ2v) is 7.16. The molecule has 3 rings (SSSR count). The number of carbonyl (C=O) groups is 3. The molecule has 2 aromatic rings. The minimum Gasteiger partial charge on any atom is -0.490 e. The molecule has 4 amide bonds. The molecule has 6 nitrogen and oxygen atoms in total. The van der Waals surface area contributed by atoms with Gasteiger partial charge in [-0.3, -0.25) is 14.9 Å². The highest BCUT2D eigenvalue weighted by Crippen LogP contribution is 2.29. The molecular formula is C20H16Cl2N2O4. The summed E-state index contributed by atoms with van der Waals surface area (Å²) in [4.78, 5) is 38.4. The number of hydrogen-bond acceptors (Lipinski definition) is 4. The molecule has 0 atom stereocenters. The van der Waals surface area contributed by atoms with Crippen LogP contribution < -0.4 is 15.0 Å². The number of imide groups is 2. The maximum absolute atomic E-state index is 12.9. The number of nitrogens with zero attached hydrogens (tertiary/aromatic N) is 1. The highest BCUT2D eigenvalue weighted by molar-refractivity contribution is 6.39. The van der Waals surface area contributed by atoms with Gasteiger partial charge >= 0.3 is 6.03 Å². The molecule has 0 radical (unpaired) electrons. The average Bonchev–Trinajstić information content (AvgIpc) is 2.60.